The zero-order chi connectivity index (χ0) is 24.6. The summed E-state index contributed by atoms with van der Waals surface area (Å²) in [5.41, 5.74) is 1.58. The molecule has 0 bridgehead atoms. The number of carbonyl (C=O) groups excluding carboxylic acids is 3. The van der Waals surface area contributed by atoms with Crippen LogP contribution in [0.4, 0.5) is 0 Å². The zero-order valence-corrected chi connectivity index (χ0v) is 18.5. The van der Waals surface area contributed by atoms with E-state index in [1.165, 1.54) is 24.3 Å². The van der Waals surface area contributed by atoms with Crippen molar-refractivity contribution in [2.45, 2.75) is 0 Å². The predicted octanol–water partition coefficient (Wildman–Crippen LogP) is 5.73. The number of benzene rings is 4. The van der Waals surface area contributed by atoms with E-state index in [9.17, 15) is 19.5 Å². The second-order valence-corrected chi connectivity index (χ2v) is 7.46. The molecule has 4 rings (SSSR count). The van der Waals surface area contributed by atoms with Gasteiger partial charge in [0.25, 0.3) is 0 Å². The van der Waals surface area contributed by atoms with Crippen molar-refractivity contribution in [3.63, 3.8) is 0 Å². The molecule has 0 aliphatic rings. The van der Waals surface area contributed by atoms with Gasteiger partial charge in [-0.1, -0.05) is 54.6 Å². The van der Waals surface area contributed by atoms with E-state index in [4.69, 9.17) is 9.47 Å². The van der Waals surface area contributed by atoms with E-state index in [-0.39, 0.29) is 17.1 Å². The molecule has 0 radical (unpaired) electrons. The maximum atomic E-state index is 12.8. The van der Waals surface area contributed by atoms with Gasteiger partial charge >= 0.3 is 11.9 Å². The minimum Gasteiger partial charge on any atom is -0.508 e. The van der Waals surface area contributed by atoms with Gasteiger partial charge in [0.1, 0.15) is 17.2 Å². The van der Waals surface area contributed by atoms with Crippen molar-refractivity contribution in [2.75, 3.05) is 0 Å². The molecule has 0 saturated carbocycles. The first-order valence-corrected chi connectivity index (χ1v) is 10.7. The zero-order valence-electron chi connectivity index (χ0n) is 18.5. The number of phenolic OH excluding ortho intramolecular Hbond substituents is 1. The summed E-state index contributed by atoms with van der Waals surface area (Å²) in [7, 11) is 0. The highest BCUT2D eigenvalue weighted by molar-refractivity contribution is 6.09. The van der Waals surface area contributed by atoms with E-state index >= 15 is 0 Å². The van der Waals surface area contributed by atoms with Crippen LogP contribution in [-0.2, 0) is 0 Å². The highest BCUT2D eigenvalue weighted by Gasteiger charge is 2.16. The highest BCUT2D eigenvalue weighted by atomic mass is 16.5. The van der Waals surface area contributed by atoms with Gasteiger partial charge in [-0.2, -0.15) is 0 Å². The summed E-state index contributed by atoms with van der Waals surface area (Å²) in [6.07, 6.45) is 2.91. The number of hydrogen-bond acceptors (Lipinski definition) is 6. The van der Waals surface area contributed by atoms with Crippen LogP contribution in [0.2, 0.25) is 0 Å². The number of carbonyl (C=O) groups is 3. The Hall–Kier alpha value is -4.97. The van der Waals surface area contributed by atoms with Crippen LogP contribution in [0.25, 0.3) is 6.08 Å². The summed E-state index contributed by atoms with van der Waals surface area (Å²) >= 11 is 0. The molecule has 0 atom stereocenters. The molecule has 172 valence electrons. The van der Waals surface area contributed by atoms with Gasteiger partial charge < -0.3 is 14.6 Å². The van der Waals surface area contributed by atoms with Gasteiger partial charge in [0.15, 0.2) is 5.78 Å². The van der Waals surface area contributed by atoms with Crippen molar-refractivity contribution >= 4 is 23.8 Å². The van der Waals surface area contributed by atoms with Crippen LogP contribution in [0.1, 0.15) is 36.6 Å². The van der Waals surface area contributed by atoms with E-state index in [0.29, 0.717) is 22.4 Å². The van der Waals surface area contributed by atoms with Crippen LogP contribution in [0.5, 0.6) is 17.2 Å². The highest BCUT2D eigenvalue weighted by Crippen LogP contribution is 2.26. The molecule has 0 spiro atoms. The van der Waals surface area contributed by atoms with Crippen LogP contribution in [0.15, 0.2) is 109 Å². The minimum atomic E-state index is -0.644. The molecule has 6 nitrogen and oxygen atoms in total. The SMILES string of the molecule is O=C(Oc1ccc(/C=C\C(=O)c2ccc(O)cc2OC(=O)c2ccccc2)cc1)c1ccccc1. The Bertz CT molecular complexity index is 1370. The van der Waals surface area contributed by atoms with Gasteiger partial charge in [-0.25, -0.2) is 9.59 Å². The topological polar surface area (TPSA) is 89.9 Å². The number of phenols is 1. The monoisotopic (exact) mass is 464 g/mol. The molecule has 0 heterocycles. The Morgan fingerprint density at radius 1 is 0.657 bits per heavy atom. The van der Waals surface area contributed by atoms with Gasteiger partial charge in [-0.3, -0.25) is 4.79 Å². The first kappa shape index (κ1) is 23.2. The summed E-state index contributed by atoms with van der Waals surface area (Å²) < 4.78 is 10.7. The normalized spacial score (nSPS) is 10.6. The van der Waals surface area contributed by atoms with Crippen LogP contribution < -0.4 is 9.47 Å². The van der Waals surface area contributed by atoms with Crippen molar-refractivity contribution in [1.82, 2.24) is 0 Å². The molecule has 0 saturated heterocycles. The lowest BCUT2D eigenvalue weighted by Crippen LogP contribution is -2.11. The lowest BCUT2D eigenvalue weighted by Gasteiger charge is -2.09. The van der Waals surface area contributed by atoms with E-state index in [1.54, 1.807) is 84.9 Å². The van der Waals surface area contributed by atoms with Crippen LogP contribution in [0, 0.1) is 0 Å². The standard InChI is InChI=1S/C29H20O6/c30-23-14-17-25(27(19-23)35-29(33)22-9-5-2-6-10-22)26(31)18-13-20-11-15-24(16-12-20)34-28(32)21-7-3-1-4-8-21/h1-19,30H/b18-13-. The smallest absolute Gasteiger partial charge is 0.343 e. The third-order valence-electron chi connectivity index (χ3n) is 4.97. The quantitative estimate of drug-likeness (QED) is 0.163. The fourth-order valence-corrected chi connectivity index (χ4v) is 3.18. The summed E-state index contributed by atoms with van der Waals surface area (Å²) in [4.78, 5) is 37.4. The number of ketones is 1. The molecule has 0 fully saturated rings. The third kappa shape index (κ3) is 6.09. The van der Waals surface area contributed by atoms with E-state index < -0.39 is 17.7 Å². The number of rotatable bonds is 7. The second kappa shape index (κ2) is 10.8. The van der Waals surface area contributed by atoms with E-state index in [1.807, 2.05) is 6.07 Å². The summed E-state index contributed by atoms with van der Waals surface area (Å²) in [6, 6.07) is 27.6. The second-order valence-electron chi connectivity index (χ2n) is 7.46. The van der Waals surface area contributed by atoms with Gasteiger partial charge in [0, 0.05) is 6.07 Å². The molecular formula is C29H20O6. The third-order valence-corrected chi connectivity index (χ3v) is 4.97. The molecule has 0 aliphatic heterocycles. The number of aromatic hydroxyl groups is 1. The molecule has 4 aromatic carbocycles. The first-order valence-electron chi connectivity index (χ1n) is 10.7. The summed E-state index contributed by atoms with van der Waals surface area (Å²) in [5.74, 6) is -1.33. The Morgan fingerprint density at radius 2 is 1.23 bits per heavy atom. The van der Waals surface area contributed by atoms with Crippen molar-refractivity contribution < 1.29 is 29.0 Å². The van der Waals surface area contributed by atoms with Crippen molar-refractivity contribution in [1.29, 1.82) is 0 Å². The van der Waals surface area contributed by atoms with Gasteiger partial charge in [0.05, 0.1) is 16.7 Å². The summed E-state index contributed by atoms with van der Waals surface area (Å²) in [5, 5.41) is 9.82. The fraction of sp³-hybridized carbons (Fsp3) is 0. The molecule has 0 amide bonds. The molecule has 0 aromatic heterocycles. The predicted molar refractivity (Wildman–Crippen MR) is 131 cm³/mol. The van der Waals surface area contributed by atoms with Gasteiger partial charge in [-0.05, 0) is 60.2 Å². The first-order chi connectivity index (χ1) is 17.0. The van der Waals surface area contributed by atoms with Crippen molar-refractivity contribution in [2.24, 2.45) is 0 Å². The molecule has 35 heavy (non-hydrogen) atoms. The molecule has 6 heteroatoms. The van der Waals surface area contributed by atoms with Crippen LogP contribution in [0.3, 0.4) is 0 Å². The summed E-state index contributed by atoms with van der Waals surface area (Å²) in [6.45, 7) is 0. The number of esters is 2. The molecule has 4 aromatic rings. The molecule has 0 unspecified atom stereocenters. The van der Waals surface area contributed by atoms with Crippen molar-refractivity contribution in [3.05, 3.63) is 131 Å². The average molecular weight is 464 g/mol. The van der Waals surface area contributed by atoms with Gasteiger partial charge in [-0.15, -0.1) is 0 Å². The van der Waals surface area contributed by atoms with Crippen LogP contribution in [-0.4, -0.2) is 22.8 Å². The molecule has 0 aliphatic carbocycles. The minimum absolute atomic E-state index is 0.0447. The Morgan fingerprint density at radius 3 is 1.83 bits per heavy atom. The molecule has 1 N–H and O–H groups in total. The number of allylic oxidation sites excluding steroid dienone is 1. The van der Waals surface area contributed by atoms with Crippen LogP contribution >= 0.6 is 0 Å². The lowest BCUT2D eigenvalue weighted by atomic mass is 10.1. The van der Waals surface area contributed by atoms with E-state index in [2.05, 4.69) is 0 Å². The largest absolute Gasteiger partial charge is 0.508 e. The van der Waals surface area contributed by atoms with E-state index in [0.717, 1.165) is 0 Å². The average Bonchev–Trinajstić information content (AvgIpc) is 2.89. The Labute approximate surface area is 201 Å². The Kier molecular flexibility index (Phi) is 7.13. The maximum absolute atomic E-state index is 12.8. The number of ether oxygens (including phenoxy) is 2. The lowest BCUT2D eigenvalue weighted by molar-refractivity contribution is 0.0723. The van der Waals surface area contributed by atoms with Gasteiger partial charge in [0.2, 0.25) is 0 Å². The number of hydrogen-bond donors (Lipinski definition) is 1. The Balaban J connectivity index is 1.45. The van der Waals surface area contributed by atoms with Crippen molar-refractivity contribution in [3.8, 4) is 17.2 Å². The molecular weight excluding hydrogens is 444 g/mol. The maximum Gasteiger partial charge on any atom is 0.343 e. The fourth-order valence-electron chi connectivity index (χ4n) is 3.18.